The molecule has 0 aliphatic carbocycles. The lowest BCUT2D eigenvalue weighted by atomic mass is 10.1. The van der Waals surface area contributed by atoms with E-state index in [4.69, 9.17) is 4.74 Å². The highest BCUT2D eigenvalue weighted by molar-refractivity contribution is 7.99. The van der Waals surface area contributed by atoms with Crippen molar-refractivity contribution in [1.82, 2.24) is 5.32 Å². The first-order valence-electron chi connectivity index (χ1n) is 7.64. The summed E-state index contributed by atoms with van der Waals surface area (Å²) in [4.78, 5) is 36.6. The number of hydrogen-bond acceptors (Lipinski definition) is 5. The quantitative estimate of drug-likeness (QED) is 0.614. The van der Waals surface area contributed by atoms with Gasteiger partial charge in [-0.05, 0) is 36.4 Å². The summed E-state index contributed by atoms with van der Waals surface area (Å²) in [6.45, 7) is 0. The predicted molar refractivity (Wildman–Crippen MR) is 95.2 cm³/mol. The van der Waals surface area contributed by atoms with Crippen molar-refractivity contribution in [3.8, 4) is 5.75 Å². The van der Waals surface area contributed by atoms with Crippen molar-refractivity contribution in [1.29, 1.82) is 0 Å². The third-order valence-corrected chi connectivity index (χ3v) is 4.71. The number of thioether (sulfide) groups is 1. The minimum Gasteiger partial charge on any atom is -0.497 e. The molecular weight excluding hydrogens is 340 g/mol. The summed E-state index contributed by atoms with van der Waals surface area (Å²) in [5.41, 5.74) is 0.874. The van der Waals surface area contributed by atoms with Crippen LogP contribution in [0.15, 0.2) is 47.4 Å². The third kappa shape index (κ3) is 3.83. The Kier molecular flexibility index (Phi) is 5.04. The minimum atomic E-state index is -0.483. The maximum absolute atomic E-state index is 12.1. The van der Waals surface area contributed by atoms with Gasteiger partial charge in [-0.3, -0.25) is 19.7 Å². The molecule has 0 unspecified atom stereocenters. The number of methoxy groups -OCH3 is 1. The van der Waals surface area contributed by atoms with Gasteiger partial charge in [-0.2, -0.15) is 0 Å². The molecule has 1 aliphatic heterocycles. The Morgan fingerprint density at radius 1 is 1.12 bits per heavy atom. The molecule has 1 aliphatic rings. The maximum atomic E-state index is 12.1. The molecule has 0 saturated heterocycles. The molecule has 0 saturated carbocycles. The number of anilines is 1. The van der Waals surface area contributed by atoms with Crippen LogP contribution < -0.4 is 15.4 Å². The molecule has 7 heteroatoms. The Labute approximate surface area is 148 Å². The molecule has 3 amide bonds. The molecule has 0 atom stereocenters. The first-order chi connectivity index (χ1) is 12.1. The number of carbonyl (C=O) groups excluding carboxylic acids is 3. The van der Waals surface area contributed by atoms with E-state index in [1.807, 2.05) is 24.3 Å². The van der Waals surface area contributed by atoms with E-state index in [1.54, 1.807) is 37.1 Å². The van der Waals surface area contributed by atoms with Gasteiger partial charge in [0, 0.05) is 17.1 Å². The summed E-state index contributed by atoms with van der Waals surface area (Å²) in [6.07, 6.45) is 0.288. The Morgan fingerprint density at radius 3 is 2.60 bits per heavy atom. The number of amides is 3. The molecule has 128 valence electrons. The van der Waals surface area contributed by atoms with E-state index in [-0.39, 0.29) is 23.5 Å². The zero-order valence-corrected chi connectivity index (χ0v) is 14.3. The summed E-state index contributed by atoms with van der Waals surface area (Å²) in [5, 5.41) is 4.94. The summed E-state index contributed by atoms with van der Waals surface area (Å²) >= 11 is 1.56. The fourth-order valence-electron chi connectivity index (χ4n) is 2.47. The van der Waals surface area contributed by atoms with Crippen LogP contribution in [0.25, 0.3) is 0 Å². The maximum Gasteiger partial charge on any atom is 0.261 e. The molecule has 0 spiro atoms. The van der Waals surface area contributed by atoms with Crippen LogP contribution >= 0.6 is 11.8 Å². The largest absolute Gasteiger partial charge is 0.497 e. The van der Waals surface area contributed by atoms with Gasteiger partial charge < -0.3 is 10.1 Å². The fraction of sp³-hybridized carbons (Fsp3) is 0.167. The van der Waals surface area contributed by atoms with Gasteiger partial charge in [0.25, 0.3) is 11.8 Å². The van der Waals surface area contributed by atoms with Gasteiger partial charge in [0.15, 0.2) is 0 Å². The number of imide groups is 1. The van der Waals surface area contributed by atoms with Crippen molar-refractivity contribution in [3.05, 3.63) is 53.6 Å². The normalized spacial score (nSPS) is 12.5. The first-order valence-corrected chi connectivity index (χ1v) is 8.62. The minimum absolute atomic E-state index is 0.207. The van der Waals surface area contributed by atoms with Crippen LogP contribution in [-0.4, -0.2) is 30.6 Å². The van der Waals surface area contributed by atoms with E-state index < -0.39 is 11.8 Å². The lowest BCUT2D eigenvalue weighted by Gasteiger charge is -2.08. The Bertz CT molecular complexity index is 833. The number of ether oxygens (including phenoxy) is 1. The van der Waals surface area contributed by atoms with Gasteiger partial charge in [-0.25, -0.2) is 0 Å². The second-order valence-corrected chi connectivity index (χ2v) is 6.50. The third-order valence-electron chi connectivity index (χ3n) is 3.69. The van der Waals surface area contributed by atoms with Gasteiger partial charge in [0.1, 0.15) is 5.75 Å². The average Bonchev–Trinajstić information content (AvgIpc) is 2.91. The molecule has 0 aromatic heterocycles. The topological polar surface area (TPSA) is 84.5 Å². The molecule has 2 N–H and O–H groups in total. The Morgan fingerprint density at radius 2 is 1.88 bits per heavy atom. The highest BCUT2D eigenvalue weighted by Gasteiger charge is 2.29. The molecular formula is C18H16N2O4S. The molecule has 0 fully saturated rings. The molecule has 25 heavy (non-hydrogen) atoms. The molecule has 6 nitrogen and oxygen atoms in total. The van der Waals surface area contributed by atoms with Crippen molar-refractivity contribution < 1.29 is 19.1 Å². The molecule has 2 aromatic rings. The second kappa shape index (κ2) is 7.40. The smallest absolute Gasteiger partial charge is 0.261 e. The highest BCUT2D eigenvalue weighted by Crippen LogP contribution is 2.25. The first kappa shape index (κ1) is 17.0. The zero-order valence-electron chi connectivity index (χ0n) is 13.5. The van der Waals surface area contributed by atoms with Crippen molar-refractivity contribution in [2.75, 3.05) is 18.2 Å². The number of rotatable bonds is 6. The lowest BCUT2D eigenvalue weighted by Crippen LogP contribution is -2.21. The van der Waals surface area contributed by atoms with Crippen molar-refractivity contribution in [2.24, 2.45) is 0 Å². The lowest BCUT2D eigenvalue weighted by molar-refractivity contribution is -0.115. The van der Waals surface area contributed by atoms with Crippen molar-refractivity contribution in [2.45, 2.75) is 11.3 Å². The number of benzene rings is 2. The summed E-state index contributed by atoms with van der Waals surface area (Å²) in [7, 11) is 1.61. The summed E-state index contributed by atoms with van der Waals surface area (Å²) in [6, 6.07) is 12.4. The Balaban J connectivity index is 1.57. The Hall–Kier alpha value is -2.80. The van der Waals surface area contributed by atoms with Crippen molar-refractivity contribution in [3.63, 3.8) is 0 Å². The van der Waals surface area contributed by atoms with Crippen LogP contribution in [0.5, 0.6) is 5.75 Å². The van der Waals surface area contributed by atoms with Crippen LogP contribution in [-0.2, 0) is 4.79 Å². The number of hydrogen-bond donors (Lipinski definition) is 2. The summed E-state index contributed by atoms with van der Waals surface area (Å²) < 4.78 is 5.10. The number of fused-ring (bicyclic) bond motifs is 1. The van der Waals surface area contributed by atoms with Crippen LogP contribution in [0.1, 0.15) is 27.1 Å². The zero-order chi connectivity index (χ0) is 17.8. The van der Waals surface area contributed by atoms with Crippen molar-refractivity contribution >= 4 is 35.2 Å². The monoisotopic (exact) mass is 356 g/mol. The number of carbonyl (C=O) groups is 3. The SMILES string of the molecule is COc1ccc(SCCC(=O)Nc2cccc3c2C(=O)NC3=O)cc1. The molecule has 1 heterocycles. The standard InChI is InChI=1S/C18H16N2O4S/c1-24-11-5-7-12(8-6-11)25-10-9-15(21)19-14-4-2-3-13-16(14)18(23)20-17(13)22/h2-8H,9-10H2,1H3,(H,19,21)(H,20,22,23). The van der Waals surface area contributed by atoms with Gasteiger partial charge in [-0.1, -0.05) is 6.07 Å². The molecule has 0 bridgehead atoms. The van der Waals surface area contributed by atoms with Crippen LogP contribution in [0.3, 0.4) is 0 Å². The average molecular weight is 356 g/mol. The number of nitrogens with one attached hydrogen (secondary N) is 2. The van der Waals surface area contributed by atoms with E-state index in [0.29, 0.717) is 11.4 Å². The van der Waals surface area contributed by atoms with E-state index in [0.717, 1.165) is 10.6 Å². The van der Waals surface area contributed by atoms with Crippen LogP contribution in [0.4, 0.5) is 5.69 Å². The van der Waals surface area contributed by atoms with E-state index in [9.17, 15) is 14.4 Å². The van der Waals surface area contributed by atoms with E-state index in [1.165, 1.54) is 0 Å². The van der Waals surface area contributed by atoms with Gasteiger partial charge in [0.05, 0.1) is 23.9 Å². The molecule has 3 rings (SSSR count). The van der Waals surface area contributed by atoms with Gasteiger partial charge in [0.2, 0.25) is 5.91 Å². The van der Waals surface area contributed by atoms with Gasteiger partial charge >= 0.3 is 0 Å². The second-order valence-electron chi connectivity index (χ2n) is 5.33. The van der Waals surface area contributed by atoms with E-state index >= 15 is 0 Å². The highest BCUT2D eigenvalue weighted by atomic mass is 32.2. The van der Waals surface area contributed by atoms with Gasteiger partial charge in [-0.15, -0.1) is 11.8 Å². The summed E-state index contributed by atoms with van der Waals surface area (Å²) in [5.74, 6) is 0.252. The van der Waals surface area contributed by atoms with Crippen LogP contribution in [0.2, 0.25) is 0 Å². The van der Waals surface area contributed by atoms with Crippen LogP contribution in [0, 0.1) is 0 Å². The predicted octanol–water partition coefficient (Wildman–Crippen LogP) is 2.70. The van der Waals surface area contributed by atoms with E-state index in [2.05, 4.69) is 10.6 Å². The molecule has 0 radical (unpaired) electrons. The fourth-order valence-corrected chi connectivity index (χ4v) is 3.32. The molecule has 2 aromatic carbocycles.